The lowest BCUT2D eigenvalue weighted by molar-refractivity contribution is 0.168. The lowest BCUT2D eigenvalue weighted by atomic mass is 9.58. The van der Waals surface area contributed by atoms with E-state index >= 15 is 0 Å². The van der Waals surface area contributed by atoms with E-state index in [1.807, 2.05) is 12.1 Å². The van der Waals surface area contributed by atoms with Crippen LogP contribution in [0.4, 0.5) is 4.39 Å². The zero-order valence-corrected chi connectivity index (χ0v) is 11.5. The smallest absolute Gasteiger partial charge is 0.123 e. The van der Waals surface area contributed by atoms with Crippen LogP contribution in [0.2, 0.25) is 0 Å². The van der Waals surface area contributed by atoms with Gasteiger partial charge in [-0.15, -0.1) is 0 Å². The largest absolute Gasteiger partial charge is 0.207 e. The third-order valence-electron chi connectivity index (χ3n) is 4.61. The number of halogens is 2. The molecule has 0 atom stereocenters. The van der Waals surface area contributed by atoms with Crippen molar-refractivity contribution >= 4 is 22.6 Å². The first kappa shape index (κ1) is 11.0. The highest BCUT2D eigenvalue weighted by Crippen LogP contribution is 2.57. The van der Waals surface area contributed by atoms with E-state index in [1.54, 1.807) is 12.1 Å². The highest BCUT2D eigenvalue weighted by atomic mass is 127. The maximum Gasteiger partial charge on any atom is 0.123 e. The quantitative estimate of drug-likeness (QED) is 0.521. The van der Waals surface area contributed by atoms with Crippen LogP contribution < -0.4 is 0 Å². The van der Waals surface area contributed by atoms with E-state index < -0.39 is 0 Å². The molecule has 16 heavy (non-hydrogen) atoms. The predicted molar refractivity (Wildman–Crippen MR) is 72.5 cm³/mol. The van der Waals surface area contributed by atoms with Crippen molar-refractivity contribution < 1.29 is 4.39 Å². The van der Waals surface area contributed by atoms with Crippen LogP contribution in [-0.4, -0.2) is 3.42 Å². The van der Waals surface area contributed by atoms with Gasteiger partial charge in [-0.3, -0.25) is 0 Å². The van der Waals surface area contributed by atoms with E-state index in [4.69, 9.17) is 0 Å². The average molecular weight is 330 g/mol. The summed E-state index contributed by atoms with van der Waals surface area (Å²) in [7, 11) is 0. The normalized spacial score (nSPS) is 37.6. The SMILES string of the molecule is Fc1ccc(C23CCC(I)(CC2)CC3)cc1. The predicted octanol–water partition coefficient (Wildman–Crippen LogP) is 4.61. The summed E-state index contributed by atoms with van der Waals surface area (Å²) in [5.41, 5.74) is 1.74. The Balaban J connectivity index is 1.92. The third-order valence-corrected chi connectivity index (χ3v) is 6.23. The van der Waals surface area contributed by atoms with Crippen LogP contribution in [-0.2, 0) is 5.41 Å². The lowest BCUT2D eigenvalue weighted by Crippen LogP contribution is -2.44. The third kappa shape index (κ3) is 1.69. The molecule has 0 heterocycles. The molecule has 86 valence electrons. The van der Waals surface area contributed by atoms with E-state index in [1.165, 1.54) is 44.1 Å². The van der Waals surface area contributed by atoms with Gasteiger partial charge in [0.15, 0.2) is 0 Å². The molecule has 0 N–H and O–H groups in total. The van der Waals surface area contributed by atoms with E-state index in [0.29, 0.717) is 8.84 Å². The van der Waals surface area contributed by atoms with Gasteiger partial charge in [0.1, 0.15) is 5.82 Å². The van der Waals surface area contributed by atoms with Gasteiger partial charge in [-0.2, -0.15) is 0 Å². The summed E-state index contributed by atoms with van der Waals surface area (Å²) in [4.78, 5) is 0. The van der Waals surface area contributed by atoms with E-state index in [2.05, 4.69) is 22.6 Å². The van der Waals surface area contributed by atoms with Crippen molar-refractivity contribution in [3.05, 3.63) is 35.6 Å². The minimum Gasteiger partial charge on any atom is -0.207 e. The highest BCUT2D eigenvalue weighted by Gasteiger charge is 2.47. The van der Waals surface area contributed by atoms with E-state index in [-0.39, 0.29) is 5.82 Å². The van der Waals surface area contributed by atoms with Crippen molar-refractivity contribution in [3.63, 3.8) is 0 Å². The van der Waals surface area contributed by atoms with E-state index in [9.17, 15) is 4.39 Å². The molecule has 0 aliphatic heterocycles. The van der Waals surface area contributed by atoms with Gasteiger partial charge in [-0.05, 0) is 61.6 Å². The minimum absolute atomic E-state index is 0.116. The number of hydrogen-bond acceptors (Lipinski definition) is 0. The standard InChI is InChI=1S/C14H16FI/c15-12-3-1-11(2-4-12)13-5-8-14(16,9-6-13)10-7-13/h1-4H,5-10H2. The molecule has 3 aliphatic carbocycles. The summed E-state index contributed by atoms with van der Waals surface area (Å²) in [6.07, 6.45) is 7.89. The second-order valence-corrected chi connectivity index (χ2v) is 7.73. The van der Waals surface area contributed by atoms with Gasteiger partial charge in [0.25, 0.3) is 0 Å². The van der Waals surface area contributed by atoms with Crippen LogP contribution in [0.15, 0.2) is 24.3 Å². The van der Waals surface area contributed by atoms with Crippen molar-refractivity contribution in [2.75, 3.05) is 0 Å². The van der Waals surface area contributed by atoms with Crippen LogP contribution in [0.5, 0.6) is 0 Å². The summed E-state index contributed by atoms with van der Waals surface area (Å²) in [6.45, 7) is 0. The lowest BCUT2D eigenvalue weighted by Gasteiger charge is -2.51. The maximum absolute atomic E-state index is 13.0. The molecule has 0 spiro atoms. The molecule has 1 aromatic carbocycles. The van der Waals surface area contributed by atoms with Gasteiger partial charge >= 0.3 is 0 Å². The monoisotopic (exact) mass is 330 g/mol. The Kier molecular flexibility index (Phi) is 2.54. The van der Waals surface area contributed by atoms with Crippen molar-refractivity contribution in [1.82, 2.24) is 0 Å². The van der Waals surface area contributed by atoms with Gasteiger partial charge in [-0.1, -0.05) is 34.7 Å². The maximum atomic E-state index is 13.0. The number of hydrogen-bond donors (Lipinski definition) is 0. The molecule has 2 bridgehead atoms. The molecule has 0 saturated heterocycles. The minimum atomic E-state index is -0.116. The second kappa shape index (κ2) is 3.69. The van der Waals surface area contributed by atoms with Crippen LogP contribution in [0, 0.1) is 5.82 Å². The van der Waals surface area contributed by atoms with Gasteiger partial charge in [-0.25, -0.2) is 4.39 Å². The molecular formula is C14H16FI. The summed E-state index contributed by atoms with van der Waals surface area (Å²) < 4.78 is 13.5. The highest BCUT2D eigenvalue weighted by molar-refractivity contribution is 14.1. The Morgan fingerprint density at radius 2 is 1.38 bits per heavy atom. The zero-order valence-electron chi connectivity index (χ0n) is 9.31. The fourth-order valence-electron chi connectivity index (χ4n) is 3.38. The molecule has 1 aromatic rings. The Morgan fingerprint density at radius 1 is 0.875 bits per heavy atom. The second-order valence-electron chi connectivity index (χ2n) is 5.44. The van der Waals surface area contributed by atoms with Crippen molar-refractivity contribution in [2.45, 2.75) is 47.4 Å². The summed E-state index contributed by atoms with van der Waals surface area (Å²) in [6, 6.07) is 7.23. The van der Waals surface area contributed by atoms with Crippen LogP contribution in [0.3, 0.4) is 0 Å². The Morgan fingerprint density at radius 3 is 1.88 bits per heavy atom. The summed E-state index contributed by atoms with van der Waals surface area (Å²) >= 11 is 2.66. The molecule has 0 unspecified atom stereocenters. The van der Waals surface area contributed by atoms with Gasteiger partial charge in [0.2, 0.25) is 0 Å². The number of fused-ring (bicyclic) bond motifs is 3. The Hall–Kier alpha value is -0.120. The molecule has 0 radical (unpaired) electrons. The van der Waals surface area contributed by atoms with E-state index in [0.717, 1.165) is 0 Å². The molecule has 4 rings (SSSR count). The van der Waals surface area contributed by atoms with Gasteiger partial charge in [0.05, 0.1) is 0 Å². The van der Waals surface area contributed by atoms with Crippen molar-refractivity contribution in [1.29, 1.82) is 0 Å². The molecular weight excluding hydrogens is 314 g/mol. The summed E-state index contributed by atoms with van der Waals surface area (Å²) in [5, 5.41) is 0. The van der Waals surface area contributed by atoms with Gasteiger partial charge < -0.3 is 0 Å². The van der Waals surface area contributed by atoms with Crippen molar-refractivity contribution in [3.8, 4) is 0 Å². The zero-order chi connectivity index (χ0) is 11.2. The van der Waals surface area contributed by atoms with Crippen LogP contribution in [0.25, 0.3) is 0 Å². The Labute approximate surface area is 110 Å². The fraction of sp³-hybridized carbons (Fsp3) is 0.571. The topological polar surface area (TPSA) is 0 Å². The van der Waals surface area contributed by atoms with Crippen LogP contribution >= 0.6 is 22.6 Å². The molecule has 0 aromatic heterocycles. The number of rotatable bonds is 1. The van der Waals surface area contributed by atoms with Crippen LogP contribution in [0.1, 0.15) is 44.1 Å². The molecule has 3 saturated carbocycles. The first-order valence-electron chi connectivity index (χ1n) is 6.07. The first-order valence-corrected chi connectivity index (χ1v) is 7.15. The molecule has 2 heteroatoms. The summed E-state index contributed by atoms with van der Waals surface area (Å²) in [5.74, 6) is -0.116. The Bertz CT molecular complexity index is 371. The van der Waals surface area contributed by atoms with Crippen molar-refractivity contribution in [2.24, 2.45) is 0 Å². The first-order chi connectivity index (χ1) is 7.62. The molecule has 3 fully saturated rings. The number of alkyl halides is 1. The molecule has 3 aliphatic rings. The molecule has 0 amide bonds. The molecule has 0 nitrogen and oxygen atoms in total. The van der Waals surface area contributed by atoms with Gasteiger partial charge in [0, 0.05) is 3.42 Å². The fourth-order valence-corrected chi connectivity index (χ4v) is 4.19. The average Bonchev–Trinajstić information content (AvgIpc) is 2.31. The number of benzene rings is 1.